The summed E-state index contributed by atoms with van der Waals surface area (Å²) in [6, 6.07) is 20.5. The third kappa shape index (κ3) is 3.63. The number of para-hydroxylation sites is 2. The molecule has 0 unspecified atom stereocenters. The molecule has 1 aliphatic heterocycles. The molecule has 2 amide bonds. The van der Waals surface area contributed by atoms with Gasteiger partial charge in [0, 0.05) is 0 Å². The largest absolute Gasteiger partial charge is 0.495 e. The van der Waals surface area contributed by atoms with Gasteiger partial charge >= 0.3 is 0 Å². The summed E-state index contributed by atoms with van der Waals surface area (Å²) in [7, 11) is 1.50. The van der Waals surface area contributed by atoms with Crippen molar-refractivity contribution in [3.63, 3.8) is 0 Å². The van der Waals surface area contributed by atoms with Crippen LogP contribution in [0.4, 0.5) is 15.8 Å². The molecular formula is C24H16FN3O3. The van der Waals surface area contributed by atoms with Gasteiger partial charge in [-0.05, 0) is 54.1 Å². The first kappa shape index (κ1) is 19.9. The summed E-state index contributed by atoms with van der Waals surface area (Å²) in [5.41, 5.74) is 1.79. The second-order valence-corrected chi connectivity index (χ2v) is 6.69. The van der Waals surface area contributed by atoms with Crippen molar-refractivity contribution in [2.45, 2.75) is 0 Å². The maximum absolute atomic E-state index is 13.5. The lowest BCUT2D eigenvalue weighted by Crippen LogP contribution is -2.32. The van der Waals surface area contributed by atoms with Crippen LogP contribution in [0.15, 0.2) is 78.5 Å². The topological polar surface area (TPSA) is 82.4 Å². The summed E-state index contributed by atoms with van der Waals surface area (Å²) in [5, 5.41) is 12.0. The number of anilines is 2. The fraction of sp³-hybridized carbons (Fsp3) is 0.0417. The summed E-state index contributed by atoms with van der Waals surface area (Å²) in [6.45, 7) is 0. The molecule has 3 aromatic rings. The van der Waals surface area contributed by atoms with Crippen molar-refractivity contribution in [3.8, 4) is 11.8 Å². The Kier molecular flexibility index (Phi) is 5.21. The van der Waals surface area contributed by atoms with Crippen molar-refractivity contribution in [1.82, 2.24) is 0 Å². The number of hydrogen-bond donors (Lipinski definition) is 1. The van der Waals surface area contributed by atoms with Crippen LogP contribution in [0.2, 0.25) is 0 Å². The van der Waals surface area contributed by atoms with Crippen molar-refractivity contribution in [2.75, 3.05) is 17.3 Å². The Morgan fingerprint density at radius 2 is 1.61 bits per heavy atom. The first-order valence-corrected chi connectivity index (χ1v) is 9.32. The number of ether oxygens (including phenoxy) is 1. The van der Waals surface area contributed by atoms with Gasteiger partial charge < -0.3 is 10.1 Å². The number of benzene rings is 3. The number of amides is 2. The molecule has 0 atom stereocenters. The summed E-state index contributed by atoms with van der Waals surface area (Å²) < 4.78 is 18.8. The molecule has 0 fully saturated rings. The van der Waals surface area contributed by atoms with E-state index >= 15 is 0 Å². The van der Waals surface area contributed by atoms with Crippen molar-refractivity contribution in [3.05, 3.63) is 95.4 Å². The summed E-state index contributed by atoms with van der Waals surface area (Å²) >= 11 is 0. The molecule has 1 N–H and O–H groups in total. The molecule has 0 radical (unpaired) electrons. The van der Waals surface area contributed by atoms with Gasteiger partial charge in [-0.1, -0.05) is 24.3 Å². The number of nitrogens with zero attached hydrogens (tertiary/aromatic N) is 2. The lowest BCUT2D eigenvalue weighted by Gasteiger charge is -2.16. The number of rotatable bonds is 5. The Bertz CT molecular complexity index is 1240. The summed E-state index contributed by atoms with van der Waals surface area (Å²) in [4.78, 5) is 27.7. The highest BCUT2D eigenvalue weighted by Crippen LogP contribution is 2.35. The SMILES string of the molecule is COc1ccccc1NC1=C(c2ccc(F)cc2)C(=O)N(c2ccc(C#N)cc2)C1=O. The second kappa shape index (κ2) is 8.13. The maximum atomic E-state index is 13.5. The van der Waals surface area contributed by atoms with Gasteiger partial charge in [0.1, 0.15) is 17.3 Å². The minimum Gasteiger partial charge on any atom is -0.495 e. The zero-order chi connectivity index (χ0) is 22.0. The molecule has 1 heterocycles. The normalized spacial score (nSPS) is 13.4. The zero-order valence-electron chi connectivity index (χ0n) is 16.4. The highest BCUT2D eigenvalue weighted by molar-refractivity contribution is 6.46. The Hall–Kier alpha value is -4.44. The third-order valence-corrected chi connectivity index (χ3v) is 4.84. The van der Waals surface area contributed by atoms with Crippen LogP contribution in [0.3, 0.4) is 0 Å². The van der Waals surface area contributed by atoms with Crippen LogP contribution in [0.1, 0.15) is 11.1 Å². The molecule has 0 saturated carbocycles. The minimum atomic E-state index is -0.570. The standard InChI is InChI=1S/C24H16FN3O3/c1-31-20-5-3-2-4-19(20)27-22-21(16-8-10-17(25)11-9-16)23(29)28(24(22)30)18-12-6-15(14-26)7-13-18/h2-13,27H,1H3. The predicted octanol–water partition coefficient (Wildman–Crippen LogP) is 4.10. The molecule has 6 nitrogen and oxygen atoms in total. The van der Waals surface area contributed by atoms with Crippen LogP contribution in [-0.4, -0.2) is 18.9 Å². The number of imide groups is 1. The highest BCUT2D eigenvalue weighted by Gasteiger charge is 2.40. The smallest absolute Gasteiger partial charge is 0.282 e. The molecule has 0 aliphatic carbocycles. The van der Waals surface area contributed by atoms with E-state index in [0.717, 1.165) is 4.90 Å². The monoisotopic (exact) mass is 413 g/mol. The van der Waals surface area contributed by atoms with Gasteiger partial charge in [-0.25, -0.2) is 9.29 Å². The van der Waals surface area contributed by atoms with E-state index in [1.165, 1.54) is 55.6 Å². The minimum absolute atomic E-state index is 0.0467. The van der Waals surface area contributed by atoms with E-state index < -0.39 is 17.6 Å². The van der Waals surface area contributed by atoms with Crippen LogP contribution in [0, 0.1) is 17.1 Å². The van der Waals surface area contributed by atoms with Crippen LogP contribution in [0.25, 0.3) is 5.57 Å². The van der Waals surface area contributed by atoms with Crippen molar-refractivity contribution in [1.29, 1.82) is 5.26 Å². The number of hydrogen-bond acceptors (Lipinski definition) is 5. The molecule has 7 heteroatoms. The molecule has 3 aromatic carbocycles. The maximum Gasteiger partial charge on any atom is 0.282 e. The van der Waals surface area contributed by atoms with Gasteiger partial charge in [0.2, 0.25) is 0 Å². The number of carbonyl (C=O) groups is 2. The van der Waals surface area contributed by atoms with Gasteiger partial charge in [-0.3, -0.25) is 9.59 Å². The molecule has 0 bridgehead atoms. The molecular weight excluding hydrogens is 397 g/mol. The lowest BCUT2D eigenvalue weighted by molar-refractivity contribution is -0.120. The van der Waals surface area contributed by atoms with Gasteiger partial charge in [0.25, 0.3) is 11.8 Å². The number of halogens is 1. The van der Waals surface area contributed by atoms with E-state index in [4.69, 9.17) is 10.00 Å². The molecule has 0 saturated heterocycles. The number of carbonyl (C=O) groups excluding carboxylic acids is 2. The van der Waals surface area contributed by atoms with Crippen LogP contribution in [-0.2, 0) is 9.59 Å². The van der Waals surface area contributed by atoms with Crippen molar-refractivity contribution >= 4 is 28.8 Å². The van der Waals surface area contributed by atoms with E-state index in [9.17, 15) is 14.0 Å². The van der Waals surface area contributed by atoms with Gasteiger partial charge in [0.05, 0.1) is 35.7 Å². The molecule has 0 spiro atoms. The Morgan fingerprint density at radius 3 is 2.26 bits per heavy atom. The lowest BCUT2D eigenvalue weighted by atomic mass is 10.0. The van der Waals surface area contributed by atoms with E-state index in [2.05, 4.69) is 5.32 Å². The van der Waals surface area contributed by atoms with E-state index in [1.54, 1.807) is 24.3 Å². The zero-order valence-corrected chi connectivity index (χ0v) is 16.4. The average molecular weight is 413 g/mol. The van der Waals surface area contributed by atoms with E-state index in [1.807, 2.05) is 6.07 Å². The number of methoxy groups -OCH3 is 1. The summed E-state index contributed by atoms with van der Waals surface area (Å²) in [6.07, 6.45) is 0. The third-order valence-electron chi connectivity index (χ3n) is 4.84. The predicted molar refractivity (Wildman–Crippen MR) is 114 cm³/mol. The fourth-order valence-electron chi connectivity index (χ4n) is 3.33. The second-order valence-electron chi connectivity index (χ2n) is 6.69. The van der Waals surface area contributed by atoms with E-state index in [0.29, 0.717) is 28.3 Å². The Labute approximate surface area is 177 Å². The summed E-state index contributed by atoms with van der Waals surface area (Å²) in [5.74, 6) is -1.09. The van der Waals surface area contributed by atoms with Gasteiger partial charge in [-0.15, -0.1) is 0 Å². The molecule has 4 rings (SSSR count). The van der Waals surface area contributed by atoms with Crippen molar-refractivity contribution in [2.24, 2.45) is 0 Å². The number of nitrogens with one attached hydrogen (secondary N) is 1. The van der Waals surface area contributed by atoms with E-state index in [-0.39, 0.29) is 11.3 Å². The molecule has 0 aromatic heterocycles. The van der Waals surface area contributed by atoms with Gasteiger partial charge in [-0.2, -0.15) is 5.26 Å². The molecule has 1 aliphatic rings. The number of nitriles is 1. The van der Waals surface area contributed by atoms with Crippen LogP contribution >= 0.6 is 0 Å². The Balaban J connectivity index is 1.82. The molecule has 152 valence electrons. The molecule has 31 heavy (non-hydrogen) atoms. The Morgan fingerprint density at radius 1 is 0.935 bits per heavy atom. The quantitative estimate of drug-likeness (QED) is 0.637. The first-order valence-electron chi connectivity index (χ1n) is 9.32. The fourth-order valence-corrected chi connectivity index (χ4v) is 3.33. The first-order chi connectivity index (χ1) is 15.0. The van der Waals surface area contributed by atoms with Gasteiger partial charge in [0.15, 0.2) is 0 Å². The average Bonchev–Trinajstić information content (AvgIpc) is 3.04. The van der Waals surface area contributed by atoms with Crippen LogP contribution in [0.5, 0.6) is 5.75 Å². The highest BCUT2D eigenvalue weighted by atomic mass is 19.1. The van der Waals surface area contributed by atoms with Crippen molar-refractivity contribution < 1.29 is 18.7 Å². The van der Waals surface area contributed by atoms with Crippen LogP contribution < -0.4 is 15.0 Å².